The summed E-state index contributed by atoms with van der Waals surface area (Å²) < 4.78 is 5.36. The second-order valence-electron chi connectivity index (χ2n) is 4.63. The highest BCUT2D eigenvalue weighted by Crippen LogP contribution is 2.38. The quantitative estimate of drug-likeness (QED) is 0.881. The first kappa shape index (κ1) is 14.4. The van der Waals surface area contributed by atoms with Gasteiger partial charge < -0.3 is 10.3 Å². The molecule has 0 bridgehead atoms. The number of aromatic nitrogens is 2. The molecule has 0 amide bonds. The van der Waals surface area contributed by atoms with Gasteiger partial charge in [-0.25, -0.2) is 0 Å². The zero-order valence-electron chi connectivity index (χ0n) is 10.6. The summed E-state index contributed by atoms with van der Waals surface area (Å²) in [6.07, 6.45) is 5.06. The van der Waals surface area contributed by atoms with Crippen LogP contribution in [-0.2, 0) is 5.54 Å². The lowest BCUT2D eigenvalue weighted by Crippen LogP contribution is -2.44. The smallest absolute Gasteiger partial charge is 0.259 e. The Bertz CT molecular complexity index is 569. The monoisotopic (exact) mass is 297 g/mol. The minimum atomic E-state index is -0.365. The van der Waals surface area contributed by atoms with E-state index in [2.05, 4.69) is 10.1 Å². The van der Waals surface area contributed by atoms with E-state index in [-0.39, 0.29) is 17.9 Å². The number of nitrogens with two attached hydrogens (primary N) is 1. The molecule has 0 aliphatic heterocycles. The van der Waals surface area contributed by atoms with E-state index >= 15 is 0 Å². The van der Waals surface area contributed by atoms with Crippen molar-refractivity contribution in [3.63, 3.8) is 0 Å². The first-order chi connectivity index (χ1) is 8.73. The fraction of sp³-hybridized carbons (Fsp3) is 0.385. The summed E-state index contributed by atoms with van der Waals surface area (Å²) in [5.74, 6) is 1.20. The van der Waals surface area contributed by atoms with E-state index < -0.39 is 0 Å². The molecule has 1 aromatic heterocycles. The second-order valence-corrected chi connectivity index (χ2v) is 5.48. The average Bonchev–Trinajstić information content (AvgIpc) is 2.85. The van der Waals surface area contributed by atoms with Gasteiger partial charge in [0.1, 0.15) is 0 Å². The third kappa shape index (κ3) is 2.50. The molecule has 3 rings (SSSR count). The molecule has 1 saturated carbocycles. The molecule has 0 unspecified atom stereocenters. The Labute approximate surface area is 122 Å². The molecule has 6 heteroatoms. The van der Waals surface area contributed by atoms with Crippen LogP contribution in [0.25, 0.3) is 11.5 Å². The first-order valence-electron chi connectivity index (χ1n) is 5.99. The Balaban J connectivity index is 0.00000133. The van der Waals surface area contributed by atoms with Crippen LogP contribution in [0.2, 0.25) is 0 Å². The van der Waals surface area contributed by atoms with E-state index in [1.807, 2.05) is 30.5 Å². The van der Waals surface area contributed by atoms with Crippen molar-refractivity contribution in [2.24, 2.45) is 5.73 Å². The molecule has 4 nitrogen and oxygen atoms in total. The summed E-state index contributed by atoms with van der Waals surface area (Å²) in [7, 11) is 0. The first-order valence-corrected chi connectivity index (χ1v) is 7.22. The Morgan fingerprint density at radius 1 is 1.32 bits per heavy atom. The summed E-state index contributed by atoms with van der Waals surface area (Å²) >= 11 is 1.67. The van der Waals surface area contributed by atoms with Crippen LogP contribution in [0.5, 0.6) is 0 Å². The Hall–Kier alpha value is -1.04. The summed E-state index contributed by atoms with van der Waals surface area (Å²) in [5.41, 5.74) is 6.81. The van der Waals surface area contributed by atoms with Crippen molar-refractivity contribution in [2.75, 3.05) is 6.26 Å². The number of rotatable bonds is 3. The molecule has 1 aliphatic carbocycles. The number of thioether (sulfide) groups is 1. The van der Waals surface area contributed by atoms with Crippen LogP contribution < -0.4 is 5.73 Å². The zero-order valence-corrected chi connectivity index (χ0v) is 12.3. The van der Waals surface area contributed by atoms with Crippen molar-refractivity contribution in [3.05, 3.63) is 30.1 Å². The fourth-order valence-electron chi connectivity index (χ4n) is 2.14. The Kier molecular flexibility index (Phi) is 4.18. The number of nitrogens with zero attached hydrogens (tertiary/aromatic N) is 2. The van der Waals surface area contributed by atoms with Crippen LogP contribution in [0.4, 0.5) is 0 Å². The molecule has 2 N–H and O–H groups in total. The van der Waals surface area contributed by atoms with E-state index in [9.17, 15) is 0 Å². The third-order valence-electron chi connectivity index (χ3n) is 3.45. The van der Waals surface area contributed by atoms with Crippen LogP contribution >= 0.6 is 24.2 Å². The minimum Gasteiger partial charge on any atom is -0.334 e. The van der Waals surface area contributed by atoms with E-state index in [4.69, 9.17) is 10.3 Å². The van der Waals surface area contributed by atoms with Crippen molar-refractivity contribution >= 4 is 24.2 Å². The molecule has 1 heterocycles. The highest BCUT2D eigenvalue weighted by atomic mass is 35.5. The number of benzene rings is 1. The SMILES string of the molecule is CSc1ccccc1-c1nc(C2(N)CCC2)no1.Cl. The molecule has 0 spiro atoms. The van der Waals surface area contributed by atoms with Gasteiger partial charge in [0.05, 0.1) is 11.1 Å². The molecule has 0 atom stereocenters. The molecular weight excluding hydrogens is 282 g/mol. The van der Waals surface area contributed by atoms with E-state index in [1.54, 1.807) is 11.8 Å². The lowest BCUT2D eigenvalue weighted by Gasteiger charge is -2.34. The van der Waals surface area contributed by atoms with Gasteiger partial charge in [0.25, 0.3) is 5.89 Å². The summed E-state index contributed by atoms with van der Waals surface area (Å²) in [5, 5.41) is 4.04. The highest BCUT2D eigenvalue weighted by molar-refractivity contribution is 7.98. The van der Waals surface area contributed by atoms with Crippen LogP contribution in [0.15, 0.2) is 33.7 Å². The number of halogens is 1. The maximum atomic E-state index is 6.20. The van der Waals surface area contributed by atoms with Gasteiger partial charge in [-0.1, -0.05) is 17.3 Å². The normalized spacial score (nSPS) is 16.5. The van der Waals surface area contributed by atoms with Crippen molar-refractivity contribution in [1.82, 2.24) is 10.1 Å². The van der Waals surface area contributed by atoms with Gasteiger partial charge in [-0.05, 0) is 37.7 Å². The summed E-state index contributed by atoms with van der Waals surface area (Å²) in [6, 6.07) is 8.02. The molecule has 2 aromatic rings. The van der Waals surface area contributed by atoms with Gasteiger partial charge in [-0.15, -0.1) is 24.2 Å². The topological polar surface area (TPSA) is 64.9 Å². The molecular formula is C13H16ClN3OS. The van der Waals surface area contributed by atoms with E-state index in [1.165, 1.54) is 0 Å². The summed E-state index contributed by atoms with van der Waals surface area (Å²) in [6.45, 7) is 0. The minimum absolute atomic E-state index is 0. The van der Waals surface area contributed by atoms with Crippen LogP contribution in [-0.4, -0.2) is 16.4 Å². The predicted octanol–water partition coefficient (Wildman–Crippen LogP) is 3.22. The number of hydrogen-bond acceptors (Lipinski definition) is 5. The Morgan fingerprint density at radius 2 is 2.05 bits per heavy atom. The summed E-state index contributed by atoms with van der Waals surface area (Å²) in [4.78, 5) is 5.60. The van der Waals surface area contributed by atoms with Crippen LogP contribution in [0.3, 0.4) is 0 Å². The number of hydrogen-bond donors (Lipinski definition) is 1. The largest absolute Gasteiger partial charge is 0.334 e. The molecule has 102 valence electrons. The van der Waals surface area contributed by atoms with Gasteiger partial charge in [0, 0.05) is 4.90 Å². The lowest BCUT2D eigenvalue weighted by molar-refractivity contribution is 0.229. The van der Waals surface area contributed by atoms with Crippen molar-refractivity contribution < 1.29 is 4.52 Å². The maximum absolute atomic E-state index is 6.20. The fourth-order valence-corrected chi connectivity index (χ4v) is 2.73. The molecule has 0 radical (unpaired) electrons. The average molecular weight is 298 g/mol. The van der Waals surface area contributed by atoms with Crippen LogP contribution in [0, 0.1) is 0 Å². The molecule has 1 fully saturated rings. The van der Waals surface area contributed by atoms with E-state index in [0.29, 0.717) is 11.7 Å². The van der Waals surface area contributed by atoms with Gasteiger partial charge in [0.15, 0.2) is 5.82 Å². The predicted molar refractivity (Wildman–Crippen MR) is 78.5 cm³/mol. The molecule has 19 heavy (non-hydrogen) atoms. The van der Waals surface area contributed by atoms with Gasteiger partial charge >= 0.3 is 0 Å². The van der Waals surface area contributed by atoms with Gasteiger partial charge in [-0.3, -0.25) is 0 Å². The molecule has 1 aliphatic rings. The Morgan fingerprint density at radius 3 is 2.68 bits per heavy atom. The van der Waals surface area contributed by atoms with Crippen LogP contribution in [0.1, 0.15) is 25.1 Å². The molecule has 1 aromatic carbocycles. The maximum Gasteiger partial charge on any atom is 0.259 e. The van der Waals surface area contributed by atoms with Gasteiger partial charge in [-0.2, -0.15) is 4.98 Å². The van der Waals surface area contributed by atoms with Crippen molar-refractivity contribution in [3.8, 4) is 11.5 Å². The van der Waals surface area contributed by atoms with E-state index in [0.717, 1.165) is 29.7 Å². The lowest BCUT2D eigenvalue weighted by atomic mass is 9.77. The third-order valence-corrected chi connectivity index (χ3v) is 4.25. The molecule has 0 saturated heterocycles. The van der Waals surface area contributed by atoms with Crippen molar-refractivity contribution in [1.29, 1.82) is 0 Å². The van der Waals surface area contributed by atoms with Gasteiger partial charge in [0.2, 0.25) is 0 Å². The van der Waals surface area contributed by atoms with Crippen molar-refractivity contribution in [2.45, 2.75) is 29.7 Å². The zero-order chi connectivity index (χ0) is 12.6. The standard InChI is InChI=1S/C13H15N3OS.ClH/c1-18-10-6-3-2-5-9(10)11-15-12(16-17-11)13(14)7-4-8-13;/h2-3,5-6H,4,7-8,14H2,1H3;1H. The second kappa shape index (κ2) is 5.53. The highest BCUT2D eigenvalue weighted by Gasteiger charge is 2.39.